The standard InChI is InChI=1S/C15H20N2O2/c1-17-13(15(18)19)7-12(16-17)14-10-3-8-2-9(5-10)6-11(14)4-8/h7-11,14H,2-6H2,1H3,(H,18,19). The maximum Gasteiger partial charge on any atom is 0.354 e. The van der Waals surface area contributed by atoms with E-state index < -0.39 is 5.97 Å². The van der Waals surface area contributed by atoms with E-state index in [1.54, 1.807) is 7.05 Å². The quantitative estimate of drug-likeness (QED) is 0.889. The number of rotatable bonds is 2. The van der Waals surface area contributed by atoms with E-state index in [2.05, 4.69) is 5.10 Å². The molecule has 1 aromatic rings. The molecule has 0 spiro atoms. The van der Waals surface area contributed by atoms with Gasteiger partial charge < -0.3 is 5.11 Å². The van der Waals surface area contributed by atoms with E-state index in [1.807, 2.05) is 6.07 Å². The van der Waals surface area contributed by atoms with Crippen molar-refractivity contribution in [1.29, 1.82) is 0 Å². The summed E-state index contributed by atoms with van der Waals surface area (Å²) in [5, 5.41) is 13.7. The Labute approximate surface area is 112 Å². The Bertz CT molecular complexity index is 506. The summed E-state index contributed by atoms with van der Waals surface area (Å²) in [7, 11) is 1.74. The monoisotopic (exact) mass is 260 g/mol. The van der Waals surface area contributed by atoms with Crippen LogP contribution in [0, 0.1) is 23.7 Å². The summed E-state index contributed by atoms with van der Waals surface area (Å²) in [6.45, 7) is 0. The number of carboxylic acids is 1. The zero-order valence-electron chi connectivity index (χ0n) is 11.2. The second-order valence-corrected chi connectivity index (χ2v) is 6.84. The van der Waals surface area contributed by atoms with Crippen LogP contribution < -0.4 is 0 Å². The Morgan fingerprint density at radius 3 is 2.26 bits per heavy atom. The van der Waals surface area contributed by atoms with Gasteiger partial charge in [0.1, 0.15) is 5.69 Å². The van der Waals surface area contributed by atoms with E-state index in [4.69, 9.17) is 5.11 Å². The molecule has 5 rings (SSSR count). The third-order valence-electron chi connectivity index (χ3n) is 5.69. The first-order chi connectivity index (χ1) is 9.11. The van der Waals surface area contributed by atoms with Gasteiger partial charge in [-0.15, -0.1) is 0 Å². The fourth-order valence-electron chi connectivity index (χ4n) is 5.26. The minimum Gasteiger partial charge on any atom is -0.477 e. The lowest BCUT2D eigenvalue weighted by atomic mass is 9.51. The van der Waals surface area contributed by atoms with Crippen LogP contribution in [0.3, 0.4) is 0 Å². The average Bonchev–Trinajstić information content (AvgIpc) is 2.69. The van der Waals surface area contributed by atoms with Gasteiger partial charge in [-0.05, 0) is 61.8 Å². The van der Waals surface area contributed by atoms with E-state index in [-0.39, 0.29) is 0 Å². The first-order valence-electron chi connectivity index (χ1n) is 7.39. The Hall–Kier alpha value is -1.32. The molecule has 1 heterocycles. The number of aromatic carboxylic acids is 1. The van der Waals surface area contributed by atoms with Crippen LogP contribution in [-0.2, 0) is 7.05 Å². The van der Waals surface area contributed by atoms with Crippen molar-refractivity contribution in [2.45, 2.75) is 38.0 Å². The van der Waals surface area contributed by atoms with Gasteiger partial charge in [-0.1, -0.05) is 0 Å². The van der Waals surface area contributed by atoms with Gasteiger partial charge in [0, 0.05) is 13.0 Å². The van der Waals surface area contributed by atoms with Crippen molar-refractivity contribution in [3.05, 3.63) is 17.5 Å². The SMILES string of the molecule is Cn1nc(C2C3CC4CC(C3)CC2C4)cc1C(=O)O. The maximum absolute atomic E-state index is 11.2. The molecule has 4 bridgehead atoms. The molecule has 0 atom stereocenters. The molecule has 0 amide bonds. The molecule has 0 aliphatic heterocycles. The zero-order valence-corrected chi connectivity index (χ0v) is 11.2. The molecule has 4 fully saturated rings. The van der Waals surface area contributed by atoms with Crippen molar-refractivity contribution in [3.63, 3.8) is 0 Å². The molecular weight excluding hydrogens is 240 g/mol. The number of carboxylic acid groups (broad SMARTS) is 1. The van der Waals surface area contributed by atoms with Crippen LogP contribution in [0.25, 0.3) is 0 Å². The Morgan fingerprint density at radius 1 is 1.21 bits per heavy atom. The van der Waals surface area contributed by atoms with E-state index in [0.29, 0.717) is 11.6 Å². The minimum absolute atomic E-state index is 0.323. The number of aryl methyl sites for hydroxylation is 1. The van der Waals surface area contributed by atoms with Gasteiger partial charge >= 0.3 is 5.97 Å². The molecule has 102 valence electrons. The van der Waals surface area contributed by atoms with Crippen molar-refractivity contribution < 1.29 is 9.90 Å². The number of hydrogen-bond donors (Lipinski definition) is 1. The summed E-state index contributed by atoms with van der Waals surface area (Å²) in [6, 6.07) is 1.81. The molecule has 4 heteroatoms. The third kappa shape index (κ3) is 1.65. The highest BCUT2D eigenvalue weighted by Crippen LogP contribution is 2.59. The van der Waals surface area contributed by atoms with Gasteiger partial charge in [0.2, 0.25) is 0 Å². The lowest BCUT2D eigenvalue weighted by molar-refractivity contribution is -0.00430. The summed E-state index contributed by atoms with van der Waals surface area (Å²) in [5.74, 6) is 3.06. The summed E-state index contributed by atoms with van der Waals surface area (Å²) in [6.07, 6.45) is 6.82. The van der Waals surface area contributed by atoms with E-state index in [0.717, 1.165) is 29.4 Å². The normalized spacial score (nSPS) is 39.7. The molecule has 0 aromatic carbocycles. The number of nitrogens with zero attached hydrogens (tertiary/aromatic N) is 2. The van der Waals surface area contributed by atoms with Gasteiger partial charge in [0.15, 0.2) is 0 Å². The summed E-state index contributed by atoms with van der Waals surface area (Å²) in [4.78, 5) is 11.2. The van der Waals surface area contributed by atoms with E-state index in [9.17, 15) is 4.79 Å². The van der Waals surface area contributed by atoms with Gasteiger partial charge in [-0.2, -0.15) is 5.10 Å². The van der Waals surface area contributed by atoms with Crippen molar-refractivity contribution in [2.75, 3.05) is 0 Å². The van der Waals surface area contributed by atoms with E-state index >= 15 is 0 Å². The summed E-state index contributed by atoms with van der Waals surface area (Å²) < 4.78 is 1.53. The molecular formula is C15H20N2O2. The van der Waals surface area contributed by atoms with Gasteiger partial charge in [-0.25, -0.2) is 4.79 Å². The highest BCUT2D eigenvalue weighted by Gasteiger charge is 2.49. The van der Waals surface area contributed by atoms with Crippen molar-refractivity contribution in [3.8, 4) is 0 Å². The van der Waals surface area contributed by atoms with Crippen LogP contribution in [0.15, 0.2) is 6.07 Å². The van der Waals surface area contributed by atoms with Crippen LogP contribution in [0.4, 0.5) is 0 Å². The summed E-state index contributed by atoms with van der Waals surface area (Å²) in [5.41, 5.74) is 1.36. The highest BCUT2D eigenvalue weighted by atomic mass is 16.4. The first kappa shape index (κ1) is 11.5. The van der Waals surface area contributed by atoms with E-state index in [1.165, 1.54) is 36.8 Å². The fraction of sp³-hybridized carbons (Fsp3) is 0.733. The van der Waals surface area contributed by atoms with Crippen LogP contribution in [0.1, 0.15) is 54.2 Å². The lowest BCUT2D eigenvalue weighted by Gasteiger charge is -2.54. The molecule has 0 radical (unpaired) electrons. The maximum atomic E-state index is 11.2. The third-order valence-corrected chi connectivity index (χ3v) is 5.69. The molecule has 1 aromatic heterocycles. The Balaban J connectivity index is 1.69. The molecule has 4 aliphatic rings. The van der Waals surface area contributed by atoms with Crippen LogP contribution in [-0.4, -0.2) is 20.9 Å². The van der Waals surface area contributed by atoms with Crippen molar-refractivity contribution >= 4 is 5.97 Å². The smallest absolute Gasteiger partial charge is 0.354 e. The van der Waals surface area contributed by atoms with Crippen LogP contribution in [0.5, 0.6) is 0 Å². The molecule has 4 nitrogen and oxygen atoms in total. The lowest BCUT2D eigenvalue weighted by Crippen LogP contribution is -2.43. The molecule has 19 heavy (non-hydrogen) atoms. The molecule has 0 unspecified atom stereocenters. The van der Waals surface area contributed by atoms with Gasteiger partial charge in [0.05, 0.1) is 5.69 Å². The molecule has 4 saturated carbocycles. The highest BCUT2D eigenvalue weighted by molar-refractivity contribution is 5.85. The van der Waals surface area contributed by atoms with Gasteiger partial charge in [0.25, 0.3) is 0 Å². The number of aromatic nitrogens is 2. The fourth-order valence-corrected chi connectivity index (χ4v) is 5.26. The second kappa shape index (κ2) is 3.84. The Morgan fingerprint density at radius 2 is 1.79 bits per heavy atom. The van der Waals surface area contributed by atoms with Crippen LogP contribution in [0.2, 0.25) is 0 Å². The summed E-state index contributed by atoms with van der Waals surface area (Å²) >= 11 is 0. The average molecular weight is 260 g/mol. The van der Waals surface area contributed by atoms with Crippen molar-refractivity contribution in [2.24, 2.45) is 30.7 Å². The van der Waals surface area contributed by atoms with Gasteiger partial charge in [-0.3, -0.25) is 4.68 Å². The number of hydrogen-bond acceptors (Lipinski definition) is 2. The predicted octanol–water partition coefficient (Wildman–Crippen LogP) is 2.66. The zero-order chi connectivity index (χ0) is 13.1. The first-order valence-corrected chi connectivity index (χ1v) is 7.39. The second-order valence-electron chi connectivity index (χ2n) is 6.84. The predicted molar refractivity (Wildman–Crippen MR) is 70.0 cm³/mol. The molecule has 1 N–H and O–H groups in total. The molecule has 0 saturated heterocycles. The minimum atomic E-state index is -0.870. The topological polar surface area (TPSA) is 55.1 Å². The molecule has 4 aliphatic carbocycles. The largest absolute Gasteiger partial charge is 0.477 e. The number of carbonyl (C=O) groups is 1. The Kier molecular flexibility index (Phi) is 2.32. The van der Waals surface area contributed by atoms with Crippen LogP contribution >= 0.6 is 0 Å². The van der Waals surface area contributed by atoms with Crippen molar-refractivity contribution in [1.82, 2.24) is 9.78 Å².